The van der Waals surface area contributed by atoms with E-state index in [0.29, 0.717) is 16.9 Å². The Balaban J connectivity index is 2.40. The van der Waals surface area contributed by atoms with Crippen molar-refractivity contribution in [2.24, 2.45) is 5.73 Å². The van der Waals surface area contributed by atoms with Crippen molar-refractivity contribution in [3.63, 3.8) is 0 Å². The molecular weight excluding hydrogens is 247 g/mol. The summed E-state index contributed by atoms with van der Waals surface area (Å²) in [7, 11) is 0. The minimum absolute atomic E-state index is 0.205. The average molecular weight is 262 g/mol. The second-order valence-electron chi connectivity index (χ2n) is 4.41. The first-order valence-corrected chi connectivity index (χ1v) is 5.78. The molecule has 4 N–H and O–H groups in total. The van der Waals surface area contributed by atoms with Gasteiger partial charge in [-0.25, -0.2) is 4.39 Å². The van der Waals surface area contributed by atoms with Crippen LogP contribution >= 0.6 is 0 Å². The number of primary amides is 1. The van der Waals surface area contributed by atoms with Gasteiger partial charge in [-0.2, -0.15) is 5.10 Å². The predicted octanol–water partition coefficient (Wildman–Crippen LogP) is 1.37. The van der Waals surface area contributed by atoms with Crippen molar-refractivity contribution in [1.82, 2.24) is 9.78 Å². The quantitative estimate of drug-likeness (QED) is 0.875. The molecule has 0 radical (unpaired) electrons. The Labute approximate surface area is 110 Å². The Bertz CT molecular complexity index is 648. The van der Waals surface area contributed by atoms with Crippen LogP contribution in [-0.2, 0) is 6.54 Å². The number of halogens is 1. The molecule has 1 aromatic heterocycles. The van der Waals surface area contributed by atoms with E-state index in [-0.39, 0.29) is 12.1 Å². The number of carbonyl (C=O) groups is 1. The van der Waals surface area contributed by atoms with Gasteiger partial charge in [0.1, 0.15) is 5.82 Å². The van der Waals surface area contributed by atoms with Gasteiger partial charge in [0, 0.05) is 11.1 Å². The molecule has 0 saturated heterocycles. The van der Waals surface area contributed by atoms with E-state index in [4.69, 9.17) is 11.5 Å². The molecule has 0 fully saturated rings. The zero-order valence-electron chi connectivity index (χ0n) is 10.8. The first-order valence-electron chi connectivity index (χ1n) is 5.78. The highest BCUT2D eigenvalue weighted by molar-refractivity contribution is 5.92. The second kappa shape index (κ2) is 4.72. The fraction of sp³-hybridized carbons (Fsp3) is 0.231. The van der Waals surface area contributed by atoms with Gasteiger partial charge in [-0.3, -0.25) is 9.48 Å². The molecule has 1 heterocycles. The molecule has 2 rings (SSSR count). The van der Waals surface area contributed by atoms with E-state index in [1.807, 2.05) is 6.92 Å². The molecule has 0 aliphatic carbocycles. The SMILES string of the molecule is Cc1nn(Cc2cc(C(N)=O)ccc2F)c(C)c1N. The van der Waals surface area contributed by atoms with Crippen LogP contribution in [0.4, 0.5) is 10.1 Å². The van der Waals surface area contributed by atoms with E-state index in [9.17, 15) is 9.18 Å². The lowest BCUT2D eigenvalue weighted by Crippen LogP contribution is -2.13. The van der Waals surface area contributed by atoms with E-state index >= 15 is 0 Å². The summed E-state index contributed by atoms with van der Waals surface area (Å²) in [6.07, 6.45) is 0. The monoisotopic (exact) mass is 262 g/mol. The molecule has 100 valence electrons. The van der Waals surface area contributed by atoms with Crippen LogP contribution in [0, 0.1) is 19.7 Å². The lowest BCUT2D eigenvalue weighted by Gasteiger charge is -2.07. The number of nitrogens with two attached hydrogens (primary N) is 2. The molecule has 1 aromatic carbocycles. The highest BCUT2D eigenvalue weighted by Gasteiger charge is 2.12. The van der Waals surface area contributed by atoms with Gasteiger partial charge in [0.25, 0.3) is 0 Å². The summed E-state index contributed by atoms with van der Waals surface area (Å²) >= 11 is 0. The van der Waals surface area contributed by atoms with E-state index in [2.05, 4.69) is 5.10 Å². The normalized spacial score (nSPS) is 10.7. The van der Waals surface area contributed by atoms with Crippen LogP contribution in [0.1, 0.15) is 27.3 Å². The molecule has 1 amide bonds. The maximum Gasteiger partial charge on any atom is 0.248 e. The van der Waals surface area contributed by atoms with Crippen molar-refractivity contribution in [3.8, 4) is 0 Å². The minimum Gasteiger partial charge on any atom is -0.396 e. The van der Waals surface area contributed by atoms with Crippen molar-refractivity contribution in [2.75, 3.05) is 5.73 Å². The van der Waals surface area contributed by atoms with Crippen molar-refractivity contribution in [2.45, 2.75) is 20.4 Å². The second-order valence-corrected chi connectivity index (χ2v) is 4.41. The fourth-order valence-corrected chi connectivity index (χ4v) is 1.88. The van der Waals surface area contributed by atoms with Crippen LogP contribution in [0.5, 0.6) is 0 Å². The van der Waals surface area contributed by atoms with Gasteiger partial charge in [-0.1, -0.05) is 0 Å². The zero-order valence-corrected chi connectivity index (χ0v) is 10.8. The van der Waals surface area contributed by atoms with Crippen molar-refractivity contribution in [1.29, 1.82) is 0 Å². The van der Waals surface area contributed by atoms with E-state index in [0.717, 1.165) is 5.69 Å². The van der Waals surface area contributed by atoms with Gasteiger partial charge in [0.2, 0.25) is 5.91 Å². The molecule has 6 heteroatoms. The molecule has 0 bridgehead atoms. The van der Waals surface area contributed by atoms with Gasteiger partial charge in [-0.15, -0.1) is 0 Å². The molecule has 0 saturated carbocycles. The Morgan fingerprint density at radius 2 is 2.11 bits per heavy atom. The number of aryl methyl sites for hydroxylation is 1. The van der Waals surface area contributed by atoms with E-state index in [1.54, 1.807) is 11.6 Å². The van der Waals surface area contributed by atoms with Crippen LogP contribution < -0.4 is 11.5 Å². The Morgan fingerprint density at radius 3 is 2.63 bits per heavy atom. The Hall–Kier alpha value is -2.37. The number of hydrogen-bond acceptors (Lipinski definition) is 3. The zero-order chi connectivity index (χ0) is 14.2. The van der Waals surface area contributed by atoms with E-state index in [1.165, 1.54) is 18.2 Å². The van der Waals surface area contributed by atoms with Gasteiger partial charge in [-0.05, 0) is 32.0 Å². The Kier molecular flexibility index (Phi) is 3.25. The summed E-state index contributed by atoms with van der Waals surface area (Å²) in [4.78, 5) is 11.1. The summed E-state index contributed by atoms with van der Waals surface area (Å²) < 4.78 is 15.3. The first kappa shape index (κ1) is 13.1. The number of amides is 1. The Morgan fingerprint density at radius 1 is 1.42 bits per heavy atom. The maximum atomic E-state index is 13.7. The minimum atomic E-state index is -0.589. The van der Waals surface area contributed by atoms with Crippen molar-refractivity contribution in [3.05, 3.63) is 46.5 Å². The molecule has 0 atom stereocenters. The number of nitrogen functional groups attached to an aromatic ring is 1. The number of benzene rings is 1. The van der Waals surface area contributed by atoms with Crippen LogP contribution in [0.3, 0.4) is 0 Å². The molecule has 2 aromatic rings. The topological polar surface area (TPSA) is 86.9 Å². The molecule has 0 aliphatic rings. The summed E-state index contributed by atoms with van der Waals surface area (Å²) in [6, 6.07) is 4.02. The summed E-state index contributed by atoms with van der Waals surface area (Å²) in [5, 5.41) is 4.23. The van der Waals surface area contributed by atoms with Crippen LogP contribution in [0.2, 0.25) is 0 Å². The average Bonchev–Trinajstić information content (AvgIpc) is 2.59. The number of anilines is 1. The lowest BCUT2D eigenvalue weighted by molar-refractivity contribution is 0.1000. The molecule has 5 nitrogen and oxygen atoms in total. The molecule has 0 aliphatic heterocycles. The molecule has 0 unspecified atom stereocenters. The van der Waals surface area contributed by atoms with Gasteiger partial charge < -0.3 is 11.5 Å². The highest BCUT2D eigenvalue weighted by atomic mass is 19.1. The summed E-state index contributed by atoms with van der Waals surface area (Å²) in [5.74, 6) is -0.995. The van der Waals surface area contributed by atoms with E-state index < -0.39 is 11.7 Å². The molecular formula is C13H15FN4O. The highest BCUT2D eigenvalue weighted by Crippen LogP contribution is 2.18. The number of rotatable bonds is 3. The standard InChI is InChI=1S/C13H15FN4O/c1-7-12(15)8(2)18(17-7)6-10-5-9(13(16)19)3-4-11(10)14/h3-5H,6,15H2,1-2H3,(H2,16,19). The third-order valence-corrected chi connectivity index (χ3v) is 3.09. The first-order chi connectivity index (χ1) is 8.90. The van der Waals surface area contributed by atoms with Gasteiger partial charge >= 0.3 is 0 Å². The van der Waals surface area contributed by atoms with Gasteiger partial charge in [0.05, 0.1) is 23.6 Å². The predicted molar refractivity (Wildman–Crippen MR) is 70.1 cm³/mol. The summed E-state index contributed by atoms with van der Waals surface area (Å²) in [6.45, 7) is 3.80. The third-order valence-electron chi connectivity index (χ3n) is 3.09. The van der Waals surface area contributed by atoms with Crippen LogP contribution in [0.15, 0.2) is 18.2 Å². The molecule has 19 heavy (non-hydrogen) atoms. The number of aromatic nitrogens is 2. The number of carbonyl (C=O) groups excluding carboxylic acids is 1. The number of nitrogens with zero attached hydrogens (tertiary/aromatic N) is 2. The maximum absolute atomic E-state index is 13.7. The van der Waals surface area contributed by atoms with Crippen molar-refractivity contribution < 1.29 is 9.18 Å². The van der Waals surface area contributed by atoms with Crippen LogP contribution in [0.25, 0.3) is 0 Å². The third kappa shape index (κ3) is 2.42. The summed E-state index contributed by atoms with van der Waals surface area (Å²) in [5.41, 5.74) is 13.7. The van der Waals surface area contributed by atoms with Gasteiger partial charge in [0.15, 0.2) is 0 Å². The molecule has 0 spiro atoms. The lowest BCUT2D eigenvalue weighted by atomic mass is 10.1. The van der Waals surface area contributed by atoms with Crippen molar-refractivity contribution >= 4 is 11.6 Å². The largest absolute Gasteiger partial charge is 0.396 e. The van der Waals surface area contributed by atoms with Crippen LogP contribution in [-0.4, -0.2) is 15.7 Å². The number of hydrogen-bond donors (Lipinski definition) is 2. The smallest absolute Gasteiger partial charge is 0.248 e. The fourth-order valence-electron chi connectivity index (χ4n) is 1.88.